The van der Waals surface area contributed by atoms with Crippen molar-refractivity contribution in [1.29, 1.82) is 5.26 Å². The van der Waals surface area contributed by atoms with E-state index in [1.807, 2.05) is 23.1 Å². The standard InChI is InChI=1S/C11H15N3/c12-6-8-14(9-7-13)10-11-4-2-1-3-5-11/h1-5H,6,8-10,12H2. The zero-order chi connectivity index (χ0) is 10.2. The molecule has 0 heterocycles. The second kappa shape index (κ2) is 6.14. The molecule has 2 N–H and O–H groups in total. The van der Waals surface area contributed by atoms with E-state index in [9.17, 15) is 0 Å². The summed E-state index contributed by atoms with van der Waals surface area (Å²) in [5.41, 5.74) is 6.68. The van der Waals surface area contributed by atoms with Gasteiger partial charge in [-0.1, -0.05) is 30.3 Å². The number of hydrogen-bond acceptors (Lipinski definition) is 3. The molecule has 0 aliphatic carbocycles. The molecule has 0 amide bonds. The van der Waals surface area contributed by atoms with Crippen LogP contribution in [0.2, 0.25) is 0 Å². The normalized spacial score (nSPS) is 10.1. The van der Waals surface area contributed by atoms with E-state index >= 15 is 0 Å². The molecule has 0 fully saturated rings. The molecule has 0 saturated carbocycles. The van der Waals surface area contributed by atoms with E-state index in [-0.39, 0.29) is 0 Å². The maximum atomic E-state index is 8.61. The Balaban J connectivity index is 2.52. The number of hydrogen-bond donors (Lipinski definition) is 1. The Hall–Kier alpha value is -1.37. The zero-order valence-corrected chi connectivity index (χ0v) is 8.19. The average molecular weight is 189 g/mol. The Morgan fingerprint density at radius 2 is 2.00 bits per heavy atom. The van der Waals surface area contributed by atoms with Gasteiger partial charge >= 0.3 is 0 Å². The molecule has 1 aromatic carbocycles. The molecule has 0 radical (unpaired) electrons. The summed E-state index contributed by atoms with van der Waals surface area (Å²) in [5, 5.41) is 8.61. The van der Waals surface area contributed by atoms with Crippen LogP contribution in [0.25, 0.3) is 0 Å². The fourth-order valence-electron chi connectivity index (χ4n) is 1.34. The van der Waals surface area contributed by atoms with E-state index < -0.39 is 0 Å². The highest BCUT2D eigenvalue weighted by Gasteiger charge is 2.03. The van der Waals surface area contributed by atoms with Crippen molar-refractivity contribution in [2.24, 2.45) is 5.73 Å². The second-order valence-electron chi connectivity index (χ2n) is 3.14. The topological polar surface area (TPSA) is 53.0 Å². The van der Waals surface area contributed by atoms with Crippen molar-refractivity contribution in [3.8, 4) is 6.07 Å². The average Bonchev–Trinajstić information content (AvgIpc) is 2.20. The zero-order valence-electron chi connectivity index (χ0n) is 8.19. The number of nitrogens with zero attached hydrogens (tertiary/aromatic N) is 2. The summed E-state index contributed by atoms with van der Waals surface area (Å²) in [7, 11) is 0. The van der Waals surface area contributed by atoms with Gasteiger partial charge in [0, 0.05) is 19.6 Å². The van der Waals surface area contributed by atoms with Crippen LogP contribution in [0, 0.1) is 11.3 Å². The first kappa shape index (κ1) is 10.7. The Morgan fingerprint density at radius 3 is 2.57 bits per heavy atom. The van der Waals surface area contributed by atoms with Crippen LogP contribution in [-0.2, 0) is 6.54 Å². The van der Waals surface area contributed by atoms with Gasteiger partial charge in [0.25, 0.3) is 0 Å². The molecule has 3 heteroatoms. The van der Waals surface area contributed by atoms with Crippen LogP contribution < -0.4 is 5.73 Å². The fourth-order valence-corrected chi connectivity index (χ4v) is 1.34. The maximum absolute atomic E-state index is 8.61. The van der Waals surface area contributed by atoms with E-state index in [2.05, 4.69) is 18.2 Å². The van der Waals surface area contributed by atoms with Crippen LogP contribution >= 0.6 is 0 Å². The van der Waals surface area contributed by atoms with Gasteiger partial charge in [0.15, 0.2) is 0 Å². The number of benzene rings is 1. The third-order valence-corrected chi connectivity index (χ3v) is 1.99. The monoisotopic (exact) mass is 189 g/mol. The lowest BCUT2D eigenvalue weighted by Crippen LogP contribution is -2.29. The Labute approximate surface area is 84.7 Å². The van der Waals surface area contributed by atoms with Crippen LogP contribution in [0.15, 0.2) is 30.3 Å². The fraction of sp³-hybridized carbons (Fsp3) is 0.364. The first-order valence-electron chi connectivity index (χ1n) is 4.70. The summed E-state index contributed by atoms with van der Waals surface area (Å²) < 4.78 is 0. The van der Waals surface area contributed by atoms with E-state index in [4.69, 9.17) is 11.0 Å². The van der Waals surface area contributed by atoms with Crippen LogP contribution in [0.5, 0.6) is 0 Å². The molecule has 0 unspecified atom stereocenters. The van der Waals surface area contributed by atoms with Gasteiger partial charge in [-0.15, -0.1) is 0 Å². The van der Waals surface area contributed by atoms with Crippen molar-refractivity contribution in [2.75, 3.05) is 19.6 Å². The number of nitriles is 1. The van der Waals surface area contributed by atoms with Crippen LogP contribution in [-0.4, -0.2) is 24.5 Å². The molecule has 1 aromatic rings. The first-order chi connectivity index (χ1) is 6.86. The van der Waals surface area contributed by atoms with Gasteiger partial charge in [-0.2, -0.15) is 5.26 Å². The molecule has 74 valence electrons. The van der Waals surface area contributed by atoms with Gasteiger partial charge in [-0.3, -0.25) is 4.90 Å². The highest BCUT2D eigenvalue weighted by Crippen LogP contribution is 2.02. The third-order valence-electron chi connectivity index (χ3n) is 1.99. The van der Waals surface area contributed by atoms with Crippen LogP contribution in [0.4, 0.5) is 0 Å². The molecule has 0 aliphatic rings. The van der Waals surface area contributed by atoms with Crippen molar-refractivity contribution >= 4 is 0 Å². The van der Waals surface area contributed by atoms with Gasteiger partial charge < -0.3 is 5.73 Å². The summed E-state index contributed by atoms with van der Waals surface area (Å²) in [6.07, 6.45) is 0. The SMILES string of the molecule is N#CCN(CCN)Cc1ccccc1. The predicted octanol–water partition coefficient (Wildman–Crippen LogP) is 0.971. The summed E-state index contributed by atoms with van der Waals surface area (Å²) >= 11 is 0. The molecule has 14 heavy (non-hydrogen) atoms. The summed E-state index contributed by atoms with van der Waals surface area (Å²) in [6, 6.07) is 12.2. The molecule has 3 nitrogen and oxygen atoms in total. The molecule has 1 rings (SSSR count). The lowest BCUT2D eigenvalue weighted by Gasteiger charge is -2.17. The molecule has 0 aliphatic heterocycles. The molecule has 0 saturated heterocycles. The second-order valence-corrected chi connectivity index (χ2v) is 3.14. The molecular weight excluding hydrogens is 174 g/mol. The molecule has 0 aromatic heterocycles. The van der Waals surface area contributed by atoms with E-state index in [0.717, 1.165) is 13.1 Å². The van der Waals surface area contributed by atoms with Crippen LogP contribution in [0.3, 0.4) is 0 Å². The first-order valence-corrected chi connectivity index (χ1v) is 4.70. The Kier molecular flexibility index (Phi) is 4.70. The van der Waals surface area contributed by atoms with Crippen molar-refractivity contribution in [1.82, 2.24) is 4.90 Å². The molecular formula is C11H15N3. The van der Waals surface area contributed by atoms with E-state index in [1.165, 1.54) is 5.56 Å². The highest BCUT2D eigenvalue weighted by molar-refractivity contribution is 5.14. The van der Waals surface area contributed by atoms with Crippen molar-refractivity contribution in [3.63, 3.8) is 0 Å². The largest absolute Gasteiger partial charge is 0.329 e. The number of rotatable bonds is 5. The Bertz CT molecular complexity index is 289. The van der Waals surface area contributed by atoms with Gasteiger partial charge in [0.1, 0.15) is 0 Å². The van der Waals surface area contributed by atoms with Crippen molar-refractivity contribution in [2.45, 2.75) is 6.54 Å². The summed E-state index contributed by atoms with van der Waals surface area (Å²) in [4.78, 5) is 2.04. The molecule has 0 spiro atoms. The van der Waals surface area contributed by atoms with Crippen LogP contribution in [0.1, 0.15) is 5.56 Å². The van der Waals surface area contributed by atoms with E-state index in [0.29, 0.717) is 13.1 Å². The van der Waals surface area contributed by atoms with Crippen molar-refractivity contribution < 1.29 is 0 Å². The Morgan fingerprint density at radius 1 is 1.29 bits per heavy atom. The van der Waals surface area contributed by atoms with Gasteiger partial charge in [-0.05, 0) is 5.56 Å². The van der Waals surface area contributed by atoms with Gasteiger partial charge in [-0.25, -0.2) is 0 Å². The highest BCUT2D eigenvalue weighted by atomic mass is 15.1. The lowest BCUT2D eigenvalue weighted by molar-refractivity contribution is 0.306. The summed E-state index contributed by atoms with van der Waals surface area (Å²) in [6.45, 7) is 2.59. The minimum atomic E-state index is 0.437. The smallest absolute Gasteiger partial charge is 0.0869 e. The third kappa shape index (κ3) is 3.56. The van der Waals surface area contributed by atoms with Gasteiger partial charge in [0.05, 0.1) is 12.6 Å². The predicted molar refractivity (Wildman–Crippen MR) is 56.4 cm³/mol. The van der Waals surface area contributed by atoms with Gasteiger partial charge in [0.2, 0.25) is 0 Å². The maximum Gasteiger partial charge on any atom is 0.0869 e. The van der Waals surface area contributed by atoms with E-state index in [1.54, 1.807) is 0 Å². The lowest BCUT2D eigenvalue weighted by atomic mass is 10.2. The quantitative estimate of drug-likeness (QED) is 0.702. The summed E-state index contributed by atoms with van der Waals surface area (Å²) in [5.74, 6) is 0. The number of nitrogens with two attached hydrogens (primary N) is 1. The minimum Gasteiger partial charge on any atom is -0.329 e. The minimum absolute atomic E-state index is 0.437. The molecule has 0 bridgehead atoms. The molecule has 0 atom stereocenters. The van der Waals surface area contributed by atoms with Crippen molar-refractivity contribution in [3.05, 3.63) is 35.9 Å².